The molecule has 1 aliphatic carbocycles. The molecule has 0 aromatic rings. The van der Waals surface area contributed by atoms with Crippen LogP contribution in [0, 0.1) is 5.92 Å². The van der Waals surface area contributed by atoms with Gasteiger partial charge in [-0.1, -0.05) is 0 Å². The maximum Gasteiger partial charge on any atom is 0.102 e. The van der Waals surface area contributed by atoms with E-state index in [4.69, 9.17) is 0 Å². The summed E-state index contributed by atoms with van der Waals surface area (Å²) in [4.78, 5) is 0. The summed E-state index contributed by atoms with van der Waals surface area (Å²) < 4.78 is 11.6. The van der Waals surface area contributed by atoms with E-state index in [1.807, 2.05) is 0 Å². The number of hydrogen-bond donors (Lipinski definition) is 1. The van der Waals surface area contributed by atoms with Crippen molar-refractivity contribution >= 4 is 0 Å². The van der Waals surface area contributed by atoms with Crippen molar-refractivity contribution in [3.05, 3.63) is 0 Å². The molecule has 0 bridgehead atoms. The van der Waals surface area contributed by atoms with Crippen LogP contribution in [-0.2, 0) is 0 Å². The first-order chi connectivity index (χ1) is 4.34. The summed E-state index contributed by atoms with van der Waals surface area (Å²) in [5.41, 5.74) is 0. The van der Waals surface area contributed by atoms with Crippen LogP contribution in [0.2, 0.25) is 0 Å². The maximum absolute atomic E-state index is 11.6. The van der Waals surface area contributed by atoms with Crippen LogP contribution >= 0.6 is 0 Å². The number of alkyl halides is 1. The molecule has 0 amide bonds. The van der Waals surface area contributed by atoms with Crippen molar-refractivity contribution in [2.24, 2.45) is 5.92 Å². The van der Waals surface area contributed by atoms with Gasteiger partial charge >= 0.3 is 0 Å². The molecular weight excluding hydrogens is 117 g/mol. The highest BCUT2D eigenvalue weighted by Gasteiger charge is 2.26. The normalized spacial score (nSPS) is 22.0. The Morgan fingerprint density at radius 2 is 2.33 bits per heavy atom. The first kappa shape index (κ1) is 7.00. The fourth-order valence-corrected chi connectivity index (χ4v) is 1.05. The fourth-order valence-electron chi connectivity index (χ4n) is 1.05. The Hall–Kier alpha value is -0.110. The molecule has 1 nitrogen and oxygen atoms in total. The van der Waals surface area contributed by atoms with Crippen molar-refractivity contribution in [2.75, 3.05) is 13.2 Å². The third-order valence-corrected chi connectivity index (χ3v) is 1.89. The summed E-state index contributed by atoms with van der Waals surface area (Å²) >= 11 is 0. The van der Waals surface area contributed by atoms with E-state index in [-0.39, 0.29) is 6.67 Å². The number of rotatable bonds is 4. The summed E-state index contributed by atoms with van der Waals surface area (Å²) in [5.74, 6) is 0.844. The largest absolute Gasteiger partial charge is 0.311 e. The van der Waals surface area contributed by atoms with Gasteiger partial charge in [0.15, 0.2) is 0 Å². The van der Waals surface area contributed by atoms with Gasteiger partial charge in [-0.3, -0.25) is 0 Å². The van der Waals surface area contributed by atoms with Gasteiger partial charge in [-0.05, 0) is 25.7 Å². The predicted octanol–water partition coefficient (Wildman–Crippen LogP) is 1.34. The van der Waals surface area contributed by atoms with Gasteiger partial charge in [-0.15, -0.1) is 0 Å². The first-order valence-electron chi connectivity index (χ1n) is 3.64. The lowest BCUT2D eigenvalue weighted by atomic mass is 10.2. The standard InChI is InChI=1S/C7H14FN/c1-6(7-2-3-7)9-5-4-8/h6-7,9H,2-5H2,1H3. The average molecular weight is 131 g/mol. The molecule has 0 saturated heterocycles. The Labute approximate surface area is 55.6 Å². The Balaban J connectivity index is 1.96. The molecule has 1 atom stereocenters. The van der Waals surface area contributed by atoms with E-state index < -0.39 is 0 Å². The smallest absolute Gasteiger partial charge is 0.102 e. The second-order valence-electron chi connectivity index (χ2n) is 2.77. The Bertz CT molecular complexity index is 81.0. The SMILES string of the molecule is CC(NCCF)C1CC1. The van der Waals surface area contributed by atoms with Crippen LogP contribution in [0.15, 0.2) is 0 Å². The lowest BCUT2D eigenvalue weighted by Gasteiger charge is -2.09. The molecular formula is C7H14FN. The molecule has 54 valence electrons. The van der Waals surface area contributed by atoms with Crippen LogP contribution in [0.4, 0.5) is 4.39 Å². The van der Waals surface area contributed by atoms with Crippen LogP contribution in [0.25, 0.3) is 0 Å². The van der Waals surface area contributed by atoms with Gasteiger partial charge < -0.3 is 5.32 Å². The monoisotopic (exact) mass is 131 g/mol. The van der Waals surface area contributed by atoms with E-state index in [1.165, 1.54) is 12.8 Å². The van der Waals surface area contributed by atoms with Gasteiger partial charge in [0, 0.05) is 12.6 Å². The summed E-state index contributed by atoms with van der Waals surface area (Å²) in [6.07, 6.45) is 2.67. The third-order valence-electron chi connectivity index (χ3n) is 1.89. The second-order valence-corrected chi connectivity index (χ2v) is 2.77. The molecule has 0 radical (unpaired) electrons. The molecule has 1 N–H and O–H groups in total. The summed E-state index contributed by atoms with van der Waals surface area (Å²) in [6, 6.07) is 0.542. The zero-order valence-electron chi connectivity index (χ0n) is 5.86. The van der Waals surface area contributed by atoms with Crippen LogP contribution < -0.4 is 5.32 Å². The summed E-state index contributed by atoms with van der Waals surface area (Å²) in [6.45, 7) is 2.42. The van der Waals surface area contributed by atoms with E-state index in [1.54, 1.807) is 0 Å². The molecule has 1 aliphatic rings. The highest BCUT2D eigenvalue weighted by molar-refractivity contribution is 4.82. The lowest BCUT2D eigenvalue weighted by Crippen LogP contribution is -2.29. The number of halogens is 1. The molecule has 0 aromatic carbocycles. The molecule has 0 aromatic heterocycles. The van der Waals surface area contributed by atoms with Gasteiger partial charge in [0.2, 0.25) is 0 Å². The van der Waals surface area contributed by atoms with Crippen molar-refractivity contribution < 1.29 is 4.39 Å². The Kier molecular flexibility index (Phi) is 2.46. The highest BCUT2D eigenvalue weighted by Crippen LogP contribution is 2.32. The van der Waals surface area contributed by atoms with Crippen molar-refractivity contribution in [2.45, 2.75) is 25.8 Å². The summed E-state index contributed by atoms with van der Waals surface area (Å²) in [5, 5.41) is 3.12. The van der Waals surface area contributed by atoms with Crippen molar-refractivity contribution in [3.8, 4) is 0 Å². The third kappa shape index (κ3) is 2.31. The Morgan fingerprint density at radius 3 is 2.78 bits per heavy atom. The fraction of sp³-hybridized carbons (Fsp3) is 1.00. The van der Waals surface area contributed by atoms with Gasteiger partial charge in [0.1, 0.15) is 6.67 Å². The van der Waals surface area contributed by atoms with E-state index in [2.05, 4.69) is 12.2 Å². The van der Waals surface area contributed by atoms with Crippen molar-refractivity contribution in [1.82, 2.24) is 5.32 Å². The zero-order valence-corrected chi connectivity index (χ0v) is 5.86. The number of hydrogen-bond acceptors (Lipinski definition) is 1. The molecule has 1 saturated carbocycles. The van der Waals surface area contributed by atoms with E-state index in [0.717, 1.165) is 5.92 Å². The quantitative estimate of drug-likeness (QED) is 0.607. The molecule has 1 unspecified atom stereocenters. The summed E-state index contributed by atoms with van der Waals surface area (Å²) in [7, 11) is 0. The van der Waals surface area contributed by atoms with Crippen LogP contribution in [0.5, 0.6) is 0 Å². The molecule has 0 aliphatic heterocycles. The molecule has 0 spiro atoms. The maximum atomic E-state index is 11.6. The van der Waals surface area contributed by atoms with Crippen LogP contribution in [0.3, 0.4) is 0 Å². The second kappa shape index (κ2) is 3.16. The van der Waals surface area contributed by atoms with Crippen molar-refractivity contribution in [3.63, 3.8) is 0 Å². The first-order valence-corrected chi connectivity index (χ1v) is 3.64. The molecule has 2 heteroatoms. The minimum absolute atomic E-state index is 0.239. The van der Waals surface area contributed by atoms with Gasteiger partial charge in [-0.25, -0.2) is 4.39 Å². The van der Waals surface area contributed by atoms with Crippen LogP contribution in [-0.4, -0.2) is 19.3 Å². The molecule has 0 heterocycles. The zero-order chi connectivity index (χ0) is 6.69. The van der Waals surface area contributed by atoms with Crippen molar-refractivity contribution in [1.29, 1.82) is 0 Å². The minimum atomic E-state index is -0.239. The lowest BCUT2D eigenvalue weighted by molar-refractivity contribution is 0.422. The van der Waals surface area contributed by atoms with E-state index in [0.29, 0.717) is 12.6 Å². The predicted molar refractivity (Wildman–Crippen MR) is 36.2 cm³/mol. The van der Waals surface area contributed by atoms with Gasteiger partial charge in [0.25, 0.3) is 0 Å². The topological polar surface area (TPSA) is 12.0 Å². The van der Waals surface area contributed by atoms with E-state index >= 15 is 0 Å². The highest BCUT2D eigenvalue weighted by atomic mass is 19.1. The molecule has 1 fully saturated rings. The Morgan fingerprint density at radius 1 is 1.67 bits per heavy atom. The van der Waals surface area contributed by atoms with Gasteiger partial charge in [0.05, 0.1) is 0 Å². The molecule has 1 rings (SSSR count). The van der Waals surface area contributed by atoms with E-state index in [9.17, 15) is 4.39 Å². The van der Waals surface area contributed by atoms with Gasteiger partial charge in [-0.2, -0.15) is 0 Å². The minimum Gasteiger partial charge on any atom is -0.311 e. The average Bonchev–Trinajstić information content (AvgIpc) is 2.63. The van der Waals surface area contributed by atoms with Crippen LogP contribution in [0.1, 0.15) is 19.8 Å². The number of nitrogens with one attached hydrogen (secondary N) is 1. The molecule has 9 heavy (non-hydrogen) atoms.